The quantitative estimate of drug-likeness (QED) is 0.567. The van der Waals surface area contributed by atoms with E-state index in [0.717, 1.165) is 31.0 Å². The van der Waals surface area contributed by atoms with E-state index in [1.54, 1.807) is 6.07 Å². The van der Waals surface area contributed by atoms with Crippen molar-refractivity contribution in [2.45, 2.75) is 18.9 Å². The zero-order chi connectivity index (χ0) is 15.4. The van der Waals surface area contributed by atoms with Crippen molar-refractivity contribution in [2.24, 2.45) is 0 Å². The van der Waals surface area contributed by atoms with Gasteiger partial charge in [0.05, 0.1) is 0 Å². The summed E-state index contributed by atoms with van der Waals surface area (Å²) in [6.45, 7) is 0. The molecule has 0 atom stereocenters. The van der Waals surface area contributed by atoms with Gasteiger partial charge in [0, 0.05) is 22.3 Å². The highest BCUT2D eigenvalue weighted by atomic mass is 79.9. The van der Waals surface area contributed by atoms with Crippen molar-refractivity contribution >= 4 is 21.6 Å². The fourth-order valence-corrected chi connectivity index (χ4v) is 1.85. The average Bonchev–Trinajstić information content (AvgIpc) is 3.23. The Kier molecular flexibility index (Phi) is 5.22. The van der Waals surface area contributed by atoms with Gasteiger partial charge in [-0.25, -0.2) is 17.6 Å². The molecule has 2 aromatic carbocycles. The standard InChI is InChI=1S/C9H9F2N.C6H3BrF2/c10-8-4-3-7(5-9(8)11)12-6-1-2-6;7-4-1-2-5(8)6(9)3-4/h3-6,12H,1-2H2;1-3H. The summed E-state index contributed by atoms with van der Waals surface area (Å²) in [6.07, 6.45) is 2.25. The SMILES string of the molecule is Fc1ccc(Br)cc1F.Fc1ccc(NC2CC2)cc1F. The second-order valence-corrected chi connectivity index (χ2v) is 5.52. The molecule has 1 fully saturated rings. The van der Waals surface area contributed by atoms with Gasteiger partial charge in [-0.05, 0) is 43.2 Å². The average molecular weight is 362 g/mol. The maximum absolute atomic E-state index is 12.6. The van der Waals surface area contributed by atoms with Gasteiger partial charge in [-0.3, -0.25) is 0 Å². The van der Waals surface area contributed by atoms with Crippen LogP contribution in [0.5, 0.6) is 0 Å². The van der Waals surface area contributed by atoms with E-state index in [0.29, 0.717) is 16.2 Å². The minimum absolute atomic E-state index is 0.467. The van der Waals surface area contributed by atoms with Gasteiger partial charge in [0.25, 0.3) is 0 Å². The van der Waals surface area contributed by atoms with Crippen LogP contribution in [0.25, 0.3) is 0 Å². The minimum atomic E-state index is -0.829. The van der Waals surface area contributed by atoms with Crippen LogP contribution in [0, 0.1) is 23.3 Å². The first-order valence-electron chi connectivity index (χ1n) is 6.28. The Labute approximate surface area is 128 Å². The van der Waals surface area contributed by atoms with Gasteiger partial charge in [0.1, 0.15) is 0 Å². The molecule has 2 aromatic rings. The first kappa shape index (κ1) is 15.8. The number of hydrogen-bond donors (Lipinski definition) is 1. The van der Waals surface area contributed by atoms with Crippen molar-refractivity contribution in [3.63, 3.8) is 0 Å². The molecule has 1 aliphatic carbocycles. The van der Waals surface area contributed by atoms with Crippen molar-refractivity contribution in [1.82, 2.24) is 0 Å². The van der Waals surface area contributed by atoms with E-state index in [4.69, 9.17) is 0 Å². The van der Waals surface area contributed by atoms with E-state index in [-0.39, 0.29) is 0 Å². The molecule has 3 rings (SSSR count). The van der Waals surface area contributed by atoms with Gasteiger partial charge < -0.3 is 5.32 Å². The molecular weight excluding hydrogens is 350 g/mol. The Morgan fingerprint density at radius 1 is 0.810 bits per heavy atom. The fourth-order valence-electron chi connectivity index (χ4n) is 1.52. The van der Waals surface area contributed by atoms with Crippen molar-refractivity contribution in [2.75, 3.05) is 5.32 Å². The first-order chi connectivity index (χ1) is 9.95. The van der Waals surface area contributed by atoms with Gasteiger partial charge in [-0.15, -0.1) is 0 Å². The minimum Gasteiger partial charge on any atom is -0.382 e. The molecule has 0 bridgehead atoms. The lowest BCUT2D eigenvalue weighted by Gasteiger charge is -2.03. The van der Waals surface area contributed by atoms with Crippen LogP contribution in [0.15, 0.2) is 40.9 Å². The van der Waals surface area contributed by atoms with Crippen molar-refractivity contribution in [3.05, 3.63) is 64.1 Å². The topological polar surface area (TPSA) is 12.0 Å². The van der Waals surface area contributed by atoms with Gasteiger partial charge in [-0.2, -0.15) is 0 Å². The molecule has 1 nitrogen and oxygen atoms in total. The van der Waals surface area contributed by atoms with Crippen LogP contribution in [-0.4, -0.2) is 6.04 Å². The lowest BCUT2D eigenvalue weighted by Crippen LogP contribution is -2.01. The molecule has 1 saturated carbocycles. The predicted molar refractivity (Wildman–Crippen MR) is 77.1 cm³/mol. The number of halogens is 5. The Balaban J connectivity index is 0.000000161. The summed E-state index contributed by atoms with van der Waals surface area (Å²) in [7, 11) is 0. The molecule has 6 heteroatoms. The van der Waals surface area contributed by atoms with Crippen LogP contribution in [0.2, 0.25) is 0 Å². The third kappa shape index (κ3) is 5.04. The number of anilines is 1. The predicted octanol–water partition coefficient (Wildman–Crippen LogP) is 5.27. The lowest BCUT2D eigenvalue weighted by molar-refractivity contribution is 0.508. The molecule has 1 aliphatic rings. The second kappa shape index (κ2) is 6.93. The van der Waals surface area contributed by atoms with Crippen molar-refractivity contribution in [3.8, 4) is 0 Å². The molecule has 1 N–H and O–H groups in total. The molecule has 0 spiro atoms. The number of hydrogen-bond acceptors (Lipinski definition) is 1. The summed E-state index contributed by atoms with van der Waals surface area (Å²) in [5, 5.41) is 3.08. The number of nitrogens with one attached hydrogen (secondary N) is 1. The number of benzene rings is 2. The van der Waals surface area contributed by atoms with Crippen LogP contribution in [0.4, 0.5) is 23.2 Å². The molecule has 21 heavy (non-hydrogen) atoms. The van der Waals surface area contributed by atoms with Crippen LogP contribution < -0.4 is 5.32 Å². The first-order valence-corrected chi connectivity index (χ1v) is 7.07. The summed E-state index contributed by atoms with van der Waals surface area (Å²) in [5.41, 5.74) is 0.663. The summed E-state index contributed by atoms with van der Waals surface area (Å²) >= 11 is 2.99. The third-order valence-electron chi connectivity index (χ3n) is 2.75. The maximum atomic E-state index is 12.6. The smallest absolute Gasteiger partial charge is 0.160 e. The normalized spacial score (nSPS) is 13.4. The van der Waals surface area contributed by atoms with Gasteiger partial charge in [0.15, 0.2) is 23.3 Å². The highest BCUT2D eigenvalue weighted by Gasteiger charge is 2.20. The molecule has 0 saturated heterocycles. The zero-order valence-corrected chi connectivity index (χ0v) is 12.4. The molecule has 0 aromatic heterocycles. The summed E-state index contributed by atoms with van der Waals surface area (Å²) < 4.78 is 49.9. The van der Waals surface area contributed by atoms with Crippen LogP contribution in [0.1, 0.15) is 12.8 Å². The van der Waals surface area contributed by atoms with E-state index in [9.17, 15) is 17.6 Å². The van der Waals surface area contributed by atoms with Crippen molar-refractivity contribution < 1.29 is 17.6 Å². The maximum Gasteiger partial charge on any atom is 0.160 e. The Hall–Kier alpha value is -1.56. The molecule has 0 radical (unpaired) electrons. The zero-order valence-electron chi connectivity index (χ0n) is 10.8. The van der Waals surface area contributed by atoms with Crippen molar-refractivity contribution in [1.29, 1.82) is 0 Å². The summed E-state index contributed by atoms with van der Waals surface area (Å²) in [6, 6.07) is 7.94. The number of rotatable bonds is 2. The van der Waals surface area contributed by atoms with Crippen LogP contribution in [0.3, 0.4) is 0 Å². The lowest BCUT2D eigenvalue weighted by atomic mass is 10.3. The van der Waals surface area contributed by atoms with Gasteiger partial charge in [-0.1, -0.05) is 15.9 Å². The molecule has 0 amide bonds. The van der Waals surface area contributed by atoms with E-state index < -0.39 is 23.3 Å². The third-order valence-corrected chi connectivity index (χ3v) is 3.24. The molecule has 112 valence electrons. The van der Waals surface area contributed by atoms with E-state index in [1.807, 2.05) is 0 Å². The second-order valence-electron chi connectivity index (χ2n) is 4.61. The van der Waals surface area contributed by atoms with Gasteiger partial charge in [0.2, 0.25) is 0 Å². The molecule has 0 unspecified atom stereocenters. The Bertz CT molecular complexity index is 629. The monoisotopic (exact) mass is 361 g/mol. The summed E-state index contributed by atoms with van der Waals surface area (Å²) in [5.74, 6) is -3.24. The largest absolute Gasteiger partial charge is 0.382 e. The Morgan fingerprint density at radius 2 is 1.38 bits per heavy atom. The fraction of sp³-hybridized carbons (Fsp3) is 0.200. The van der Waals surface area contributed by atoms with E-state index in [1.165, 1.54) is 12.1 Å². The van der Waals surface area contributed by atoms with Gasteiger partial charge >= 0.3 is 0 Å². The summed E-state index contributed by atoms with van der Waals surface area (Å²) in [4.78, 5) is 0. The van der Waals surface area contributed by atoms with Crippen LogP contribution in [-0.2, 0) is 0 Å². The molecular formula is C15H12BrF4N. The highest BCUT2D eigenvalue weighted by molar-refractivity contribution is 9.10. The Morgan fingerprint density at radius 3 is 1.86 bits per heavy atom. The molecule has 0 heterocycles. The van der Waals surface area contributed by atoms with E-state index >= 15 is 0 Å². The molecule has 0 aliphatic heterocycles. The van der Waals surface area contributed by atoms with E-state index in [2.05, 4.69) is 21.2 Å². The van der Waals surface area contributed by atoms with Crippen LogP contribution >= 0.6 is 15.9 Å². The highest BCUT2D eigenvalue weighted by Crippen LogP contribution is 2.25.